The highest BCUT2D eigenvalue weighted by molar-refractivity contribution is 5.89. The minimum absolute atomic E-state index is 0.0786. The Morgan fingerprint density at radius 2 is 1.69 bits per heavy atom. The number of amides is 2. The molecule has 1 aromatic heterocycles. The third-order valence-corrected chi connectivity index (χ3v) is 5.49. The molecular formula is C24H27N5O3. The van der Waals surface area contributed by atoms with E-state index in [1.165, 1.54) is 0 Å². The SMILES string of the molecule is COc1ccc(-c2ccc(N3CCN(C(=O)Nc4cccc(C)c4)CC3)nn2)cc1OC. The Bertz CT molecular complexity index is 1080. The van der Waals surface area contributed by atoms with Crippen LogP contribution in [-0.2, 0) is 0 Å². The lowest BCUT2D eigenvalue weighted by Gasteiger charge is -2.35. The lowest BCUT2D eigenvalue weighted by Crippen LogP contribution is -2.50. The molecule has 32 heavy (non-hydrogen) atoms. The standard InChI is InChI=1S/C24H27N5O3/c1-17-5-4-6-19(15-17)25-24(30)29-13-11-28(12-14-29)23-10-8-20(26-27-23)18-7-9-21(31-2)22(16-18)32-3/h4-10,15-16H,11-14H2,1-3H3,(H,25,30). The van der Waals surface area contributed by atoms with Crippen LogP contribution in [0.25, 0.3) is 11.3 Å². The van der Waals surface area contributed by atoms with E-state index < -0.39 is 0 Å². The molecule has 2 amide bonds. The Morgan fingerprint density at radius 3 is 2.34 bits per heavy atom. The predicted molar refractivity (Wildman–Crippen MR) is 125 cm³/mol. The second-order valence-electron chi connectivity index (χ2n) is 7.62. The van der Waals surface area contributed by atoms with Crippen LogP contribution in [-0.4, -0.2) is 61.5 Å². The average Bonchev–Trinajstić information content (AvgIpc) is 2.84. The number of aromatic nitrogens is 2. The number of anilines is 2. The first-order valence-corrected chi connectivity index (χ1v) is 10.5. The zero-order chi connectivity index (χ0) is 22.5. The molecule has 0 radical (unpaired) electrons. The van der Waals surface area contributed by atoms with Crippen LogP contribution in [0.2, 0.25) is 0 Å². The minimum atomic E-state index is -0.0786. The number of benzene rings is 2. The number of aryl methyl sites for hydroxylation is 1. The number of carbonyl (C=O) groups is 1. The molecule has 1 fully saturated rings. The molecule has 0 spiro atoms. The summed E-state index contributed by atoms with van der Waals surface area (Å²) in [6.45, 7) is 4.65. The Balaban J connectivity index is 1.36. The number of piperazine rings is 1. The van der Waals surface area contributed by atoms with Crippen LogP contribution in [0.1, 0.15) is 5.56 Å². The first kappa shape index (κ1) is 21.4. The van der Waals surface area contributed by atoms with Crippen molar-refractivity contribution in [2.45, 2.75) is 6.92 Å². The normalized spacial score (nSPS) is 13.6. The Morgan fingerprint density at radius 1 is 0.906 bits per heavy atom. The van der Waals surface area contributed by atoms with Gasteiger partial charge in [0.15, 0.2) is 17.3 Å². The van der Waals surface area contributed by atoms with E-state index in [0.29, 0.717) is 37.7 Å². The summed E-state index contributed by atoms with van der Waals surface area (Å²) in [5.74, 6) is 2.12. The van der Waals surface area contributed by atoms with E-state index >= 15 is 0 Å². The summed E-state index contributed by atoms with van der Waals surface area (Å²) in [6, 6.07) is 17.3. The van der Waals surface area contributed by atoms with Crippen LogP contribution < -0.4 is 19.7 Å². The van der Waals surface area contributed by atoms with Gasteiger partial charge in [-0.05, 0) is 55.0 Å². The highest BCUT2D eigenvalue weighted by Gasteiger charge is 2.22. The number of hydrogen-bond acceptors (Lipinski definition) is 6. The molecule has 1 aliphatic heterocycles. The van der Waals surface area contributed by atoms with E-state index in [-0.39, 0.29) is 6.03 Å². The van der Waals surface area contributed by atoms with Crippen molar-refractivity contribution in [1.29, 1.82) is 0 Å². The van der Waals surface area contributed by atoms with Gasteiger partial charge in [-0.2, -0.15) is 0 Å². The maximum Gasteiger partial charge on any atom is 0.321 e. The van der Waals surface area contributed by atoms with E-state index in [4.69, 9.17) is 9.47 Å². The van der Waals surface area contributed by atoms with Gasteiger partial charge in [-0.15, -0.1) is 10.2 Å². The van der Waals surface area contributed by atoms with Crippen LogP contribution in [0.15, 0.2) is 54.6 Å². The fourth-order valence-corrected chi connectivity index (χ4v) is 3.71. The van der Waals surface area contributed by atoms with Crippen molar-refractivity contribution in [3.63, 3.8) is 0 Å². The molecule has 1 N–H and O–H groups in total. The largest absolute Gasteiger partial charge is 0.493 e. The summed E-state index contributed by atoms with van der Waals surface area (Å²) >= 11 is 0. The van der Waals surface area contributed by atoms with Crippen LogP contribution in [0, 0.1) is 6.92 Å². The molecule has 0 bridgehead atoms. The van der Waals surface area contributed by atoms with Gasteiger partial charge in [0.25, 0.3) is 0 Å². The molecule has 1 aliphatic rings. The van der Waals surface area contributed by atoms with Gasteiger partial charge in [0, 0.05) is 37.4 Å². The number of ether oxygens (including phenoxy) is 2. The van der Waals surface area contributed by atoms with E-state index in [0.717, 1.165) is 28.3 Å². The lowest BCUT2D eigenvalue weighted by atomic mass is 10.1. The molecule has 4 rings (SSSR count). The number of nitrogens with zero attached hydrogens (tertiary/aromatic N) is 4. The summed E-state index contributed by atoms with van der Waals surface area (Å²) in [5.41, 5.74) is 3.59. The molecule has 0 saturated carbocycles. The van der Waals surface area contributed by atoms with Crippen molar-refractivity contribution >= 4 is 17.5 Å². The summed E-state index contributed by atoms with van der Waals surface area (Å²) in [7, 11) is 3.22. The van der Waals surface area contributed by atoms with Gasteiger partial charge in [0.2, 0.25) is 0 Å². The Labute approximate surface area is 187 Å². The molecule has 2 heterocycles. The second kappa shape index (κ2) is 9.55. The van der Waals surface area contributed by atoms with E-state index in [1.54, 1.807) is 14.2 Å². The van der Waals surface area contributed by atoms with Crippen molar-refractivity contribution in [1.82, 2.24) is 15.1 Å². The number of hydrogen-bond donors (Lipinski definition) is 1. The molecule has 1 saturated heterocycles. The minimum Gasteiger partial charge on any atom is -0.493 e. The first-order valence-electron chi connectivity index (χ1n) is 10.5. The van der Waals surface area contributed by atoms with Gasteiger partial charge in [-0.25, -0.2) is 4.79 Å². The Kier molecular flexibility index (Phi) is 6.39. The predicted octanol–water partition coefficient (Wildman–Crippen LogP) is 3.82. The third kappa shape index (κ3) is 4.74. The van der Waals surface area contributed by atoms with Gasteiger partial charge < -0.3 is 24.6 Å². The smallest absolute Gasteiger partial charge is 0.321 e. The second-order valence-corrected chi connectivity index (χ2v) is 7.62. The highest BCUT2D eigenvalue weighted by atomic mass is 16.5. The van der Waals surface area contributed by atoms with E-state index in [9.17, 15) is 4.79 Å². The molecule has 2 aromatic carbocycles. The fourth-order valence-electron chi connectivity index (χ4n) is 3.71. The molecular weight excluding hydrogens is 406 g/mol. The topological polar surface area (TPSA) is 79.8 Å². The summed E-state index contributed by atoms with van der Waals surface area (Å²) in [6.07, 6.45) is 0. The molecule has 3 aromatic rings. The zero-order valence-electron chi connectivity index (χ0n) is 18.5. The Hall–Kier alpha value is -3.81. The van der Waals surface area contributed by atoms with Crippen molar-refractivity contribution in [3.8, 4) is 22.8 Å². The molecule has 0 aliphatic carbocycles. The average molecular weight is 434 g/mol. The maximum absolute atomic E-state index is 12.6. The molecule has 8 nitrogen and oxygen atoms in total. The van der Waals surface area contributed by atoms with Gasteiger partial charge in [-0.1, -0.05) is 12.1 Å². The zero-order valence-corrected chi connectivity index (χ0v) is 18.5. The van der Waals surface area contributed by atoms with Crippen molar-refractivity contribution in [2.75, 3.05) is 50.6 Å². The van der Waals surface area contributed by atoms with Crippen LogP contribution in [0.3, 0.4) is 0 Å². The molecule has 166 valence electrons. The quantitative estimate of drug-likeness (QED) is 0.659. The molecule has 0 atom stereocenters. The first-order chi connectivity index (χ1) is 15.6. The number of methoxy groups -OCH3 is 2. The monoisotopic (exact) mass is 433 g/mol. The van der Waals surface area contributed by atoms with E-state index in [2.05, 4.69) is 20.4 Å². The fraction of sp³-hybridized carbons (Fsp3) is 0.292. The maximum atomic E-state index is 12.6. The molecule has 8 heteroatoms. The van der Waals surface area contributed by atoms with Crippen molar-refractivity contribution in [2.24, 2.45) is 0 Å². The van der Waals surface area contributed by atoms with Gasteiger partial charge >= 0.3 is 6.03 Å². The lowest BCUT2D eigenvalue weighted by molar-refractivity contribution is 0.208. The van der Waals surface area contributed by atoms with Crippen LogP contribution in [0.4, 0.5) is 16.3 Å². The number of carbonyl (C=O) groups excluding carboxylic acids is 1. The van der Waals surface area contributed by atoms with Crippen molar-refractivity contribution in [3.05, 3.63) is 60.2 Å². The third-order valence-electron chi connectivity index (χ3n) is 5.49. The summed E-state index contributed by atoms with van der Waals surface area (Å²) in [5, 5.41) is 11.8. The summed E-state index contributed by atoms with van der Waals surface area (Å²) in [4.78, 5) is 16.5. The van der Waals surface area contributed by atoms with Crippen LogP contribution >= 0.6 is 0 Å². The summed E-state index contributed by atoms with van der Waals surface area (Å²) < 4.78 is 10.7. The van der Waals surface area contributed by atoms with Crippen molar-refractivity contribution < 1.29 is 14.3 Å². The number of rotatable bonds is 5. The van der Waals surface area contributed by atoms with Gasteiger partial charge in [0.05, 0.1) is 19.9 Å². The molecule has 0 unspecified atom stereocenters. The van der Waals surface area contributed by atoms with Crippen LogP contribution in [0.5, 0.6) is 11.5 Å². The van der Waals surface area contributed by atoms with Gasteiger partial charge in [0.1, 0.15) is 0 Å². The van der Waals surface area contributed by atoms with E-state index in [1.807, 2.05) is 66.4 Å². The number of nitrogens with one attached hydrogen (secondary N) is 1. The highest BCUT2D eigenvalue weighted by Crippen LogP contribution is 2.31. The number of urea groups is 1. The van der Waals surface area contributed by atoms with Gasteiger partial charge in [-0.3, -0.25) is 0 Å².